The zero-order valence-electron chi connectivity index (χ0n) is 20.4. The summed E-state index contributed by atoms with van der Waals surface area (Å²) in [5.74, 6) is -1.73. The van der Waals surface area contributed by atoms with Crippen molar-refractivity contribution in [1.82, 2.24) is 30.8 Å². The van der Waals surface area contributed by atoms with Gasteiger partial charge in [0.1, 0.15) is 11.4 Å². The van der Waals surface area contributed by atoms with Gasteiger partial charge in [0.05, 0.1) is 11.3 Å². The molecule has 3 rings (SSSR count). The third-order valence-corrected chi connectivity index (χ3v) is 5.49. The van der Waals surface area contributed by atoms with Gasteiger partial charge < -0.3 is 26.8 Å². The number of aromatic carboxylic acids is 1. The topological polar surface area (TPSA) is 216 Å². The van der Waals surface area contributed by atoms with Gasteiger partial charge in [-0.15, -0.1) is 5.10 Å². The molecule has 0 unspecified atom stereocenters. The van der Waals surface area contributed by atoms with Crippen molar-refractivity contribution < 1.29 is 19.7 Å². The number of tetrazole rings is 1. The molecular formula is C23H25ClN10O5. The normalized spacial score (nSPS) is 12.2. The van der Waals surface area contributed by atoms with Crippen LogP contribution in [0.4, 0.5) is 5.69 Å². The van der Waals surface area contributed by atoms with Crippen LogP contribution in [0.2, 0.25) is 5.02 Å². The number of nitrogens with one attached hydrogen (secondary N) is 3. The van der Waals surface area contributed by atoms with E-state index in [0.29, 0.717) is 41.3 Å². The molecule has 204 valence electrons. The molecule has 0 spiro atoms. The summed E-state index contributed by atoms with van der Waals surface area (Å²) in [6.07, 6.45) is 5.34. The summed E-state index contributed by atoms with van der Waals surface area (Å²) >= 11 is 6.13. The second kappa shape index (κ2) is 14.0. The number of guanidine groups is 1. The smallest absolute Gasteiger partial charge is 0.335 e. The number of aromatic nitrogens is 4. The molecule has 0 saturated heterocycles. The largest absolute Gasteiger partial charge is 0.478 e. The first-order chi connectivity index (χ1) is 18.7. The van der Waals surface area contributed by atoms with Crippen LogP contribution in [0.3, 0.4) is 0 Å². The average molecular weight is 557 g/mol. The second-order valence-electron chi connectivity index (χ2n) is 8.05. The van der Waals surface area contributed by atoms with E-state index in [1.165, 1.54) is 29.2 Å². The van der Waals surface area contributed by atoms with Crippen LogP contribution in [0.1, 0.15) is 28.8 Å². The van der Waals surface area contributed by atoms with E-state index in [-0.39, 0.29) is 30.0 Å². The number of hydrogen-bond donors (Lipinski definition) is 5. The lowest BCUT2D eigenvalue weighted by atomic mass is 10.1. The number of hydrogen-bond acceptors (Lipinski definition) is 8. The second-order valence-corrected chi connectivity index (χ2v) is 8.49. The number of amides is 1. The number of benzene rings is 2. The third kappa shape index (κ3) is 9.40. The molecular weight excluding hydrogens is 532 g/mol. The molecule has 1 amide bonds. The van der Waals surface area contributed by atoms with Gasteiger partial charge >= 0.3 is 5.97 Å². The Balaban J connectivity index is 1.66. The Labute approximate surface area is 226 Å². The summed E-state index contributed by atoms with van der Waals surface area (Å²) in [6, 6.07) is 10.9. The molecule has 2 aromatic carbocycles. The van der Waals surface area contributed by atoms with Gasteiger partial charge in [-0.05, 0) is 71.8 Å². The highest BCUT2D eigenvalue weighted by Gasteiger charge is 2.13. The summed E-state index contributed by atoms with van der Waals surface area (Å²) in [7, 11) is 0. The lowest BCUT2D eigenvalue weighted by Crippen LogP contribution is -2.40. The van der Waals surface area contributed by atoms with Crippen molar-refractivity contribution in [3.8, 4) is 5.69 Å². The Morgan fingerprint density at radius 1 is 1.26 bits per heavy atom. The predicted octanol–water partition coefficient (Wildman–Crippen LogP) is 1.50. The number of carboxylic acid groups (broad SMARTS) is 1. The highest BCUT2D eigenvalue weighted by atomic mass is 35.5. The average Bonchev–Trinajstić information content (AvgIpc) is 3.43. The van der Waals surface area contributed by atoms with Gasteiger partial charge in [-0.25, -0.2) is 14.9 Å². The van der Waals surface area contributed by atoms with Crippen molar-refractivity contribution in [3.05, 3.63) is 81.1 Å². The minimum Gasteiger partial charge on any atom is -0.478 e. The van der Waals surface area contributed by atoms with Crippen LogP contribution in [-0.2, 0) is 4.79 Å². The number of hydrazone groups is 1. The van der Waals surface area contributed by atoms with Crippen molar-refractivity contribution in [3.63, 3.8) is 0 Å². The summed E-state index contributed by atoms with van der Waals surface area (Å²) in [5, 5.41) is 41.8. The van der Waals surface area contributed by atoms with E-state index in [9.17, 15) is 19.7 Å². The van der Waals surface area contributed by atoms with Crippen LogP contribution in [-0.4, -0.2) is 67.3 Å². The third-order valence-electron chi connectivity index (χ3n) is 5.26. The summed E-state index contributed by atoms with van der Waals surface area (Å²) < 4.78 is 1.44. The first-order valence-electron chi connectivity index (χ1n) is 11.5. The van der Waals surface area contributed by atoms with E-state index < -0.39 is 11.0 Å². The first-order valence-corrected chi connectivity index (χ1v) is 11.9. The van der Waals surface area contributed by atoms with E-state index in [0.717, 1.165) is 0 Å². The number of carboxylic acids is 1. The Hall–Kier alpha value is -5.05. The zero-order valence-corrected chi connectivity index (χ0v) is 21.2. The lowest BCUT2D eigenvalue weighted by Gasteiger charge is -2.19. The van der Waals surface area contributed by atoms with Crippen molar-refractivity contribution >= 4 is 41.2 Å². The van der Waals surface area contributed by atoms with Gasteiger partial charge in [0.15, 0.2) is 5.03 Å². The van der Waals surface area contributed by atoms with Crippen molar-refractivity contribution in [2.45, 2.75) is 18.9 Å². The van der Waals surface area contributed by atoms with Gasteiger partial charge in [-0.1, -0.05) is 11.6 Å². The number of nitro groups is 1. The number of nitrogens with zero attached hydrogens (tertiary/aromatic N) is 6. The number of carbonyl (C=O) groups is 2. The van der Waals surface area contributed by atoms with Crippen LogP contribution >= 0.6 is 11.6 Å². The molecule has 0 aliphatic carbocycles. The predicted molar refractivity (Wildman–Crippen MR) is 143 cm³/mol. The molecule has 0 aliphatic heterocycles. The van der Waals surface area contributed by atoms with Crippen LogP contribution in [0.25, 0.3) is 11.8 Å². The number of halogens is 1. The molecule has 3 aromatic rings. The fourth-order valence-corrected chi connectivity index (χ4v) is 3.62. The molecule has 0 fully saturated rings. The fourth-order valence-electron chi connectivity index (χ4n) is 3.44. The van der Waals surface area contributed by atoms with Gasteiger partial charge in [-0.3, -0.25) is 4.79 Å². The van der Waals surface area contributed by atoms with Gasteiger partial charge in [0.2, 0.25) is 5.91 Å². The van der Waals surface area contributed by atoms with Crippen molar-refractivity contribution in [2.75, 3.05) is 18.4 Å². The summed E-state index contributed by atoms with van der Waals surface area (Å²) in [4.78, 5) is 34.3. The van der Waals surface area contributed by atoms with Gasteiger partial charge in [0.25, 0.3) is 5.96 Å². The van der Waals surface area contributed by atoms with Crippen LogP contribution in [0.5, 0.6) is 0 Å². The molecule has 1 heterocycles. The van der Waals surface area contributed by atoms with Crippen LogP contribution < -0.4 is 21.7 Å². The molecule has 39 heavy (non-hydrogen) atoms. The Bertz CT molecular complexity index is 1350. The maximum absolute atomic E-state index is 12.8. The molecule has 6 N–H and O–H groups in total. The summed E-state index contributed by atoms with van der Waals surface area (Å²) in [6.45, 7) is 0.605. The SMILES string of the molecule is N/C(=N/[N+](=O)[O-])NCCC[C@@H](CNc1ccc(C(=O)O)cc1)NC(=O)/C=C/c1cc(Cl)ccc1-n1cnnn1. The standard InChI is InChI=1S/C23H25ClN10O5/c24-17-6-9-20(33-14-28-31-32-33)16(12-17)5-10-21(35)29-19(2-1-11-26-23(25)30-34(38)39)13-27-18-7-3-15(4-8-18)22(36)37/h3-10,12,14,19,27H,1-2,11,13H2,(H,29,35)(H,36,37)(H3,25,26,30)/b10-5+/t19-/m0/s1. The maximum atomic E-state index is 12.8. The van der Waals surface area contributed by atoms with E-state index >= 15 is 0 Å². The molecule has 0 radical (unpaired) electrons. The molecule has 0 aliphatic rings. The van der Waals surface area contributed by atoms with Crippen molar-refractivity contribution in [1.29, 1.82) is 0 Å². The minimum atomic E-state index is -1.03. The minimum absolute atomic E-state index is 0.151. The molecule has 16 heteroatoms. The monoisotopic (exact) mass is 556 g/mol. The molecule has 0 bridgehead atoms. The van der Waals surface area contributed by atoms with E-state index in [4.69, 9.17) is 22.4 Å². The number of nitrogens with two attached hydrogens (primary N) is 1. The Kier molecular flexibility index (Phi) is 10.3. The Morgan fingerprint density at radius 3 is 2.69 bits per heavy atom. The fraction of sp³-hybridized carbons (Fsp3) is 0.217. The Morgan fingerprint density at radius 2 is 2.03 bits per heavy atom. The van der Waals surface area contributed by atoms with Gasteiger partial charge in [-0.2, -0.15) is 4.68 Å². The number of rotatable bonds is 13. The van der Waals surface area contributed by atoms with Crippen LogP contribution in [0, 0.1) is 10.1 Å². The first kappa shape index (κ1) is 28.5. The summed E-state index contributed by atoms with van der Waals surface area (Å²) in [5.41, 5.74) is 7.49. The number of carbonyl (C=O) groups excluding carboxylic acids is 1. The van der Waals surface area contributed by atoms with E-state index in [2.05, 4.69) is 36.6 Å². The van der Waals surface area contributed by atoms with E-state index in [1.54, 1.807) is 36.4 Å². The molecule has 1 atom stereocenters. The highest BCUT2D eigenvalue weighted by Crippen LogP contribution is 2.20. The molecule has 0 saturated carbocycles. The van der Waals surface area contributed by atoms with Crippen LogP contribution in [0.15, 0.2) is 60.0 Å². The van der Waals surface area contributed by atoms with E-state index in [1.807, 2.05) is 0 Å². The lowest BCUT2D eigenvalue weighted by molar-refractivity contribution is -0.485. The highest BCUT2D eigenvalue weighted by molar-refractivity contribution is 6.30. The maximum Gasteiger partial charge on any atom is 0.335 e. The zero-order chi connectivity index (χ0) is 28.2. The van der Waals surface area contributed by atoms with Gasteiger partial charge in [0, 0.05) is 41.5 Å². The number of anilines is 1. The molecule has 15 nitrogen and oxygen atoms in total. The quantitative estimate of drug-likeness (QED) is 0.0507. The van der Waals surface area contributed by atoms with Crippen molar-refractivity contribution in [2.24, 2.45) is 10.8 Å². The molecule has 1 aromatic heterocycles.